The van der Waals surface area contributed by atoms with Gasteiger partial charge in [-0.3, -0.25) is 9.59 Å². The van der Waals surface area contributed by atoms with E-state index >= 15 is 0 Å². The minimum absolute atomic E-state index is 0.160. The SMILES string of the molecule is Cc1ccc(CC(=O)N2CCN(C(=O)CC(C)C)CC2)c(C)c1. The van der Waals surface area contributed by atoms with Crippen LogP contribution in [-0.4, -0.2) is 47.8 Å². The first-order chi connectivity index (χ1) is 10.9. The van der Waals surface area contributed by atoms with Crippen molar-refractivity contribution >= 4 is 11.8 Å². The molecule has 1 aromatic carbocycles. The molecule has 0 atom stereocenters. The fourth-order valence-electron chi connectivity index (χ4n) is 3.00. The van der Waals surface area contributed by atoms with Gasteiger partial charge in [0, 0.05) is 32.6 Å². The van der Waals surface area contributed by atoms with Gasteiger partial charge in [-0.05, 0) is 30.9 Å². The van der Waals surface area contributed by atoms with Gasteiger partial charge in [0.05, 0.1) is 6.42 Å². The molecule has 1 heterocycles. The lowest BCUT2D eigenvalue weighted by molar-refractivity contribution is -0.139. The van der Waals surface area contributed by atoms with Crippen LogP contribution in [0.1, 0.15) is 37.0 Å². The molecule has 0 aromatic heterocycles. The monoisotopic (exact) mass is 316 g/mol. The fourth-order valence-corrected chi connectivity index (χ4v) is 3.00. The number of aryl methyl sites for hydroxylation is 2. The summed E-state index contributed by atoms with van der Waals surface area (Å²) in [6, 6.07) is 6.22. The van der Waals surface area contributed by atoms with Gasteiger partial charge in [-0.1, -0.05) is 37.6 Å². The van der Waals surface area contributed by atoms with Crippen molar-refractivity contribution in [1.29, 1.82) is 0 Å². The number of benzene rings is 1. The van der Waals surface area contributed by atoms with E-state index in [9.17, 15) is 9.59 Å². The Bertz CT molecular complexity index is 573. The molecule has 1 aliphatic heterocycles. The van der Waals surface area contributed by atoms with E-state index in [-0.39, 0.29) is 11.8 Å². The molecule has 126 valence electrons. The summed E-state index contributed by atoms with van der Waals surface area (Å²) in [5, 5.41) is 0. The molecule has 0 spiro atoms. The van der Waals surface area contributed by atoms with Crippen molar-refractivity contribution in [2.24, 2.45) is 5.92 Å². The molecule has 1 aromatic rings. The minimum atomic E-state index is 0.160. The number of carbonyl (C=O) groups is 2. The summed E-state index contributed by atoms with van der Waals surface area (Å²) in [6.07, 6.45) is 1.04. The molecule has 0 unspecified atom stereocenters. The van der Waals surface area contributed by atoms with Crippen molar-refractivity contribution < 1.29 is 9.59 Å². The molecule has 1 aliphatic rings. The van der Waals surface area contributed by atoms with Crippen molar-refractivity contribution in [1.82, 2.24) is 9.80 Å². The third-order valence-corrected chi connectivity index (χ3v) is 4.41. The summed E-state index contributed by atoms with van der Waals surface area (Å²) in [5.41, 5.74) is 3.49. The first-order valence-corrected chi connectivity index (χ1v) is 8.48. The lowest BCUT2D eigenvalue weighted by atomic mass is 10.0. The Morgan fingerprint density at radius 3 is 2.09 bits per heavy atom. The van der Waals surface area contributed by atoms with E-state index in [1.807, 2.05) is 15.9 Å². The molecule has 1 saturated heterocycles. The van der Waals surface area contributed by atoms with Gasteiger partial charge in [-0.15, -0.1) is 0 Å². The van der Waals surface area contributed by atoms with E-state index in [1.54, 1.807) is 0 Å². The van der Waals surface area contributed by atoms with Gasteiger partial charge >= 0.3 is 0 Å². The number of hydrogen-bond acceptors (Lipinski definition) is 2. The maximum absolute atomic E-state index is 12.5. The normalized spacial score (nSPS) is 15.2. The maximum Gasteiger partial charge on any atom is 0.227 e. The van der Waals surface area contributed by atoms with Crippen LogP contribution in [0.4, 0.5) is 0 Å². The minimum Gasteiger partial charge on any atom is -0.339 e. The van der Waals surface area contributed by atoms with Crippen molar-refractivity contribution in [3.05, 3.63) is 34.9 Å². The molecule has 4 heteroatoms. The van der Waals surface area contributed by atoms with E-state index < -0.39 is 0 Å². The van der Waals surface area contributed by atoms with Crippen LogP contribution in [0.25, 0.3) is 0 Å². The zero-order chi connectivity index (χ0) is 17.0. The summed E-state index contributed by atoms with van der Waals surface area (Å²) in [6.45, 7) is 10.8. The topological polar surface area (TPSA) is 40.6 Å². The highest BCUT2D eigenvalue weighted by Gasteiger charge is 2.24. The van der Waals surface area contributed by atoms with Crippen LogP contribution in [0.2, 0.25) is 0 Å². The van der Waals surface area contributed by atoms with Gasteiger partial charge in [0.2, 0.25) is 11.8 Å². The Hall–Kier alpha value is -1.84. The van der Waals surface area contributed by atoms with Gasteiger partial charge in [0.15, 0.2) is 0 Å². The Morgan fingerprint density at radius 2 is 1.57 bits per heavy atom. The first kappa shape index (κ1) is 17.5. The number of piperazine rings is 1. The molecule has 0 aliphatic carbocycles. The number of hydrogen-bond donors (Lipinski definition) is 0. The molecule has 23 heavy (non-hydrogen) atoms. The molecule has 0 N–H and O–H groups in total. The first-order valence-electron chi connectivity index (χ1n) is 8.48. The predicted octanol–water partition coefficient (Wildman–Crippen LogP) is 2.56. The zero-order valence-corrected chi connectivity index (χ0v) is 14.8. The third-order valence-electron chi connectivity index (χ3n) is 4.41. The summed E-state index contributed by atoms with van der Waals surface area (Å²) < 4.78 is 0. The fraction of sp³-hybridized carbons (Fsp3) is 0.579. The second-order valence-corrected chi connectivity index (χ2v) is 6.97. The van der Waals surface area contributed by atoms with E-state index in [4.69, 9.17) is 0 Å². The molecule has 0 saturated carbocycles. The largest absolute Gasteiger partial charge is 0.339 e. The smallest absolute Gasteiger partial charge is 0.227 e. The molecule has 2 rings (SSSR count). The Balaban J connectivity index is 1.87. The maximum atomic E-state index is 12.5. The van der Waals surface area contributed by atoms with Crippen LogP contribution in [0.3, 0.4) is 0 Å². The number of carbonyl (C=O) groups excluding carboxylic acids is 2. The van der Waals surface area contributed by atoms with Crippen LogP contribution >= 0.6 is 0 Å². The van der Waals surface area contributed by atoms with Gasteiger partial charge in [0.25, 0.3) is 0 Å². The van der Waals surface area contributed by atoms with Crippen LogP contribution in [0.15, 0.2) is 18.2 Å². The van der Waals surface area contributed by atoms with E-state index in [0.717, 1.165) is 5.56 Å². The predicted molar refractivity (Wildman–Crippen MR) is 92.2 cm³/mol. The number of rotatable bonds is 4. The number of amides is 2. The molecule has 0 radical (unpaired) electrons. The zero-order valence-electron chi connectivity index (χ0n) is 14.8. The van der Waals surface area contributed by atoms with Gasteiger partial charge < -0.3 is 9.80 Å². The van der Waals surface area contributed by atoms with Gasteiger partial charge in [0.1, 0.15) is 0 Å². The van der Waals surface area contributed by atoms with Crippen LogP contribution < -0.4 is 0 Å². The molecule has 1 fully saturated rings. The van der Waals surface area contributed by atoms with Crippen molar-refractivity contribution in [2.45, 2.75) is 40.5 Å². The highest BCUT2D eigenvalue weighted by Crippen LogP contribution is 2.14. The van der Waals surface area contributed by atoms with Gasteiger partial charge in [-0.2, -0.15) is 0 Å². The van der Waals surface area contributed by atoms with Crippen molar-refractivity contribution in [2.75, 3.05) is 26.2 Å². The second kappa shape index (κ2) is 7.62. The number of nitrogens with zero attached hydrogens (tertiary/aromatic N) is 2. The second-order valence-electron chi connectivity index (χ2n) is 6.97. The quantitative estimate of drug-likeness (QED) is 0.856. The summed E-state index contributed by atoms with van der Waals surface area (Å²) in [5.74, 6) is 0.751. The highest BCUT2D eigenvalue weighted by atomic mass is 16.2. The standard InChI is InChI=1S/C19H28N2O2/c1-14(2)11-18(22)20-7-9-21(10-8-20)19(23)13-17-6-5-15(3)12-16(17)4/h5-6,12,14H,7-11,13H2,1-4H3. The average molecular weight is 316 g/mol. The third kappa shape index (κ3) is 4.81. The van der Waals surface area contributed by atoms with Crippen molar-refractivity contribution in [3.8, 4) is 0 Å². The van der Waals surface area contributed by atoms with Crippen LogP contribution in [0.5, 0.6) is 0 Å². The lowest BCUT2D eigenvalue weighted by Crippen LogP contribution is -2.51. The Kier molecular flexibility index (Phi) is 5.80. The molecule has 0 bridgehead atoms. The summed E-state index contributed by atoms with van der Waals surface area (Å²) in [4.78, 5) is 28.3. The van der Waals surface area contributed by atoms with Crippen molar-refractivity contribution in [3.63, 3.8) is 0 Å². The molecule has 2 amide bonds. The lowest BCUT2D eigenvalue weighted by Gasteiger charge is -2.35. The van der Waals surface area contributed by atoms with E-state index in [0.29, 0.717) is 44.9 Å². The molecular formula is C19H28N2O2. The van der Waals surface area contributed by atoms with Crippen LogP contribution in [-0.2, 0) is 16.0 Å². The molecular weight excluding hydrogens is 288 g/mol. The Morgan fingerprint density at radius 1 is 1.00 bits per heavy atom. The molecule has 4 nitrogen and oxygen atoms in total. The van der Waals surface area contributed by atoms with E-state index in [2.05, 4.69) is 39.8 Å². The van der Waals surface area contributed by atoms with Crippen LogP contribution in [0, 0.1) is 19.8 Å². The highest BCUT2D eigenvalue weighted by molar-refractivity contribution is 5.80. The average Bonchev–Trinajstić information content (AvgIpc) is 2.49. The van der Waals surface area contributed by atoms with E-state index in [1.165, 1.54) is 11.1 Å². The Labute approximate surface area is 139 Å². The summed E-state index contributed by atoms with van der Waals surface area (Å²) >= 11 is 0. The summed E-state index contributed by atoms with van der Waals surface area (Å²) in [7, 11) is 0. The van der Waals surface area contributed by atoms with Gasteiger partial charge in [-0.25, -0.2) is 0 Å².